The highest BCUT2D eigenvalue weighted by Crippen LogP contribution is 2.22. The molecule has 0 N–H and O–H groups in total. The van der Waals surface area contributed by atoms with Gasteiger partial charge >= 0.3 is 5.97 Å². The van der Waals surface area contributed by atoms with Gasteiger partial charge in [0.2, 0.25) is 0 Å². The number of aryl methyl sites for hydroxylation is 2. The van der Waals surface area contributed by atoms with E-state index in [0.29, 0.717) is 22.4 Å². The van der Waals surface area contributed by atoms with Crippen LogP contribution in [0.1, 0.15) is 28.5 Å². The minimum atomic E-state index is -0.271. The van der Waals surface area contributed by atoms with Crippen molar-refractivity contribution in [2.75, 3.05) is 18.1 Å². The van der Waals surface area contributed by atoms with Crippen molar-refractivity contribution in [2.45, 2.75) is 31.0 Å². The Morgan fingerprint density at radius 1 is 1.04 bits per heavy atom. The van der Waals surface area contributed by atoms with Crippen LogP contribution in [-0.2, 0) is 9.53 Å². The first-order valence-electron chi connectivity index (χ1n) is 7.84. The molecule has 0 bridgehead atoms. The summed E-state index contributed by atoms with van der Waals surface area (Å²) in [6, 6.07) is 9.32. The van der Waals surface area contributed by atoms with Crippen LogP contribution in [0.15, 0.2) is 40.5 Å². The van der Waals surface area contributed by atoms with Crippen molar-refractivity contribution in [1.82, 2.24) is 9.97 Å². The van der Waals surface area contributed by atoms with Crippen molar-refractivity contribution in [3.63, 3.8) is 0 Å². The van der Waals surface area contributed by atoms with Gasteiger partial charge in [-0.2, -0.15) is 0 Å². The second-order valence-electron chi connectivity index (χ2n) is 5.30. The highest BCUT2D eigenvalue weighted by atomic mass is 32.2. The lowest BCUT2D eigenvalue weighted by Crippen LogP contribution is -2.07. The fourth-order valence-electron chi connectivity index (χ4n) is 1.94. The number of hydrogen-bond donors (Lipinski definition) is 0. The van der Waals surface area contributed by atoms with Crippen LogP contribution in [0.2, 0.25) is 0 Å². The molecule has 0 spiro atoms. The third kappa shape index (κ3) is 6.51. The third-order valence-corrected chi connectivity index (χ3v) is 4.89. The summed E-state index contributed by atoms with van der Waals surface area (Å²) in [5, 5.41) is 1.23. The third-order valence-electron chi connectivity index (χ3n) is 3.16. The average molecular weight is 377 g/mol. The fraction of sp³-hybridized carbons (Fsp3) is 0.333. The number of carbonyl (C=O) groups is 2. The molecule has 0 radical (unpaired) electrons. The Balaban J connectivity index is 1.96. The van der Waals surface area contributed by atoms with Crippen molar-refractivity contribution in [3.8, 4) is 0 Å². The topological polar surface area (TPSA) is 69.2 Å². The Morgan fingerprint density at radius 2 is 1.76 bits per heavy atom. The molecule has 2 aromatic rings. The highest BCUT2D eigenvalue weighted by molar-refractivity contribution is 8.00. The molecule has 0 unspecified atom stereocenters. The Kier molecular flexibility index (Phi) is 7.46. The summed E-state index contributed by atoms with van der Waals surface area (Å²) in [6.45, 7) is 5.99. The van der Waals surface area contributed by atoms with Gasteiger partial charge in [0, 0.05) is 11.3 Å². The molecule has 1 aromatic heterocycles. The zero-order valence-electron chi connectivity index (χ0n) is 14.4. The molecule has 0 aliphatic rings. The van der Waals surface area contributed by atoms with Gasteiger partial charge in [0.15, 0.2) is 10.9 Å². The van der Waals surface area contributed by atoms with Gasteiger partial charge in [0.25, 0.3) is 0 Å². The molecular weight excluding hydrogens is 356 g/mol. The Labute approximate surface area is 156 Å². The molecule has 5 nitrogen and oxygen atoms in total. The van der Waals surface area contributed by atoms with E-state index in [-0.39, 0.29) is 23.3 Å². The van der Waals surface area contributed by atoms with Crippen LogP contribution < -0.4 is 0 Å². The zero-order valence-corrected chi connectivity index (χ0v) is 16.1. The van der Waals surface area contributed by atoms with Gasteiger partial charge in [0.05, 0.1) is 18.1 Å². The lowest BCUT2D eigenvalue weighted by molar-refractivity contribution is -0.139. The number of hydrogen-bond acceptors (Lipinski definition) is 7. The largest absolute Gasteiger partial charge is 0.465 e. The van der Waals surface area contributed by atoms with Crippen LogP contribution in [0.5, 0.6) is 0 Å². The summed E-state index contributed by atoms with van der Waals surface area (Å²) >= 11 is 2.60. The summed E-state index contributed by atoms with van der Waals surface area (Å²) in [5.41, 5.74) is 2.60. The van der Waals surface area contributed by atoms with Crippen molar-refractivity contribution in [3.05, 3.63) is 47.2 Å². The predicted octanol–water partition coefficient (Wildman–Crippen LogP) is 3.72. The number of Topliss-reactive ketones (excluding diaryl/α,β-unsaturated/α-hetero) is 1. The van der Waals surface area contributed by atoms with E-state index in [1.807, 2.05) is 44.2 Å². The summed E-state index contributed by atoms with van der Waals surface area (Å²) in [5.74, 6) is 0.244. The number of benzene rings is 1. The predicted molar refractivity (Wildman–Crippen MR) is 100 cm³/mol. The van der Waals surface area contributed by atoms with E-state index in [1.54, 1.807) is 6.92 Å². The number of ketones is 1. The molecule has 0 aliphatic carbocycles. The number of ether oxygens (including phenoxy) is 1. The average Bonchev–Trinajstić information content (AvgIpc) is 2.58. The quantitative estimate of drug-likeness (QED) is 0.229. The van der Waals surface area contributed by atoms with Crippen LogP contribution >= 0.6 is 23.5 Å². The molecule has 0 atom stereocenters. The second kappa shape index (κ2) is 9.58. The molecule has 0 aliphatic heterocycles. The molecule has 2 rings (SSSR count). The number of esters is 1. The van der Waals surface area contributed by atoms with E-state index >= 15 is 0 Å². The highest BCUT2D eigenvalue weighted by Gasteiger charge is 2.11. The maximum Gasteiger partial charge on any atom is 0.316 e. The van der Waals surface area contributed by atoms with E-state index in [2.05, 4.69) is 9.97 Å². The van der Waals surface area contributed by atoms with Gasteiger partial charge in [-0.15, -0.1) is 0 Å². The Hall–Kier alpha value is -1.86. The van der Waals surface area contributed by atoms with Crippen LogP contribution in [0, 0.1) is 13.8 Å². The molecule has 1 heterocycles. The lowest BCUT2D eigenvalue weighted by Gasteiger charge is -2.06. The monoisotopic (exact) mass is 376 g/mol. The fourth-order valence-corrected chi connectivity index (χ4v) is 3.55. The SMILES string of the molecule is CCOC(=O)CSc1cc(C)nc(SCC(=O)c2ccc(C)cc2)n1. The van der Waals surface area contributed by atoms with Gasteiger partial charge in [-0.05, 0) is 26.8 Å². The molecule has 0 fully saturated rings. The molecule has 0 saturated heterocycles. The van der Waals surface area contributed by atoms with Crippen LogP contribution in [0.4, 0.5) is 0 Å². The maximum atomic E-state index is 12.2. The standard InChI is InChI=1S/C18H20N2O3S2/c1-4-23-17(22)11-24-16-9-13(3)19-18(20-16)25-10-15(21)14-7-5-12(2)6-8-14/h5-9H,4,10-11H2,1-3H3. The lowest BCUT2D eigenvalue weighted by atomic mass is 10.1. The first kappa shape index (κ1) is 19.5. The number of carbonyl (C=O) groups excluding carboxylic acids is 2. The first-order valence-corrected chi connectivity index (χ1v) is 9.82. The van der Waals surface area contributed by atoms with Crippen molar-refractivity contribution in [1.29, 1.82) is 0 Å². The number of rotatable bonds is 8. The minimum absolute atomic E-state index is 0.0378. The van der Waals surface area contributed by atoms with Crippen LogP contribution in [0.25, 0.3) is 0 Å². The van der Waals surface area contributed by atoms with Crippen molar-refractivity contribution in [2.24, 2.45) is 0 Å². The van der Waals surface area contributed by atoms with E-state index in [9.17, 15) is 9.59 Å². The minimum Gasteiger partial charge on any atom is -0.465 e. The van der Waals surface area contributed by atoms with Crippen molar-refractivity contribution < 1.29 is 14.3 Å². The number of aromatic nitrogens is 2. The van der Waals surface area contributed by atoms with E-state index in [4.69, 9.17) is 4.74 Å². The molecule has 132 valence electrons. The Bertz CT molecular complexity index is 748. The number of thioether (sulfide) groups is 2. The number of nitrogens with zero attached hydrogens (tertiary/aromatic N) is 2. The summed E-state index contributed by atoms with van der Waals surface area (Å²) in [7, 11) is 0. The van der Waals surface area contributed by atoms with E-state index in [1.165, 1.54) is 23.5 Å². The van der Waals surface area contributed by atoms with Gasteiger partial charge in [-0.3, -0.25) is 9.59 Å². The van der Waals surface area contributed by atoms with Gasteiger partial charge in [0.1, 0.15) is 5.03 Å². The second-order valence-corrected chi connectivity index (χ2v) is 7.24. The van der Waals surface area contributed by atoms with Crippen LogP contribution in [0.3, 0.4) is 0 Å². The van der Waals surface area contributed by atoms with Crippen LogP contribution in [-0.4, -0.2) is 39.8 Å². The van der Waals surface area contributed by atoms with Crippen molar-refractivity contribution >= 4 is 35.3 Å². The Morgan fingerprint density at radius 3 is 2.44 bits per heavy atom. The summed E-state index contributed by atoms with van der Waals surface area (Å²) in [4.78, 5) is 32.4. The first-order chi connectivity index (χ1) is 12.0. The molecule has 0 amide bonds. The molecule has 1 aromatic carbocycles. The zero-order chi connectivity index (χ0) is 18.2. The van der Waals surface area contributed by atoms with E-state index < -0.39 is 0 Å². The van der Waals surface area contributed by atoms with Gasteiger partial charge < -0.3 is 4.74 Å². The smallest absolute Gasteiger partial charge is 0.316 e. The van der Waals surface area contributed by atoms with E-state index in [0.717, 1.165) is 11.3 Å². The molecule has 0 saturated carbocycles. The molecular formula is C18H20N2O3S2. The van der Waals surface area contributed by atoms with Gasteiger partial charge in [-0.25, -0.2) is 9.97 Å². The summed E-state index contributed by atoms with van der Waals surface area (Å²) < 4.78 is 4.91. The molecule has 7 heteroatoms. The van der Waals surface area contributed by atoms with Gasteiger partial charge in [-0.1, -0.05) is 53.4 Å². The normalized spacial score (nSPS) is 10.5. The molecule has 25 heavy (non-hydrogen) atoms. The summed E-state index contributed by atoms with van der Waals surface area (Å²) in [6.07, 6.45) is 0. The maximum absolute atomic E-state index is 12.2.